The van der Waals surface area contributed by atoms with Crippen molar-refractivity contribution in [2.24, 2.45) is 0 Å². The predicted octanol–water partition coefficient (Wildman–Crippen LogP) is 0.369. The van der Waals surface area contributed by atoms with Crippen molar-refractivity contribution in [1.82, 2.24) is 24.8 Å². The van der Waals surface area contributed by atoms with Crippen molar-refractivity contribution in [2.75, 3.05) is 13.2 Å². The Bertz CT molecular complexity index is 978. The summed E-state index contributed by atoms with van der Waals surface area (Å²) in [7, 11) is 0. The molecule has 0 spiro atoms. The minimum atomic E-state index is -0.793. The van der Waals surface area contributed by atoms with Crippen LogP contribution < -0.4 is 5.56 Å². The average molecular weight is 389 g/mol. The van der Waals surface area contributed by atoms with Crippen molar-refractivity contribution >= 4 is 23.0 Å². The Morgan fingerprint density at radius 1 is 1.25 bits per heavy atom. The molecule has 1 saturated carbocycles. The van der Waals surface area contributed by atoms with Crippen LogP contribution in [-0.4, -0.2) is 56.0 Å². The molecule has 2 fully saturated rings. The third kappa shape index (κ3) is 3.37. The molecule has 1 aliphatic heterocycles. The number of nitrogens with zero attached hydrogens (tertiary/aromatic N) is 5. The molecule has 148 valence electrons. The van der Waals surface area contributed by atoms with Crippen molar-refractivity contribution in [3.8, 4) is 0 Å². The first kappa shape index (κ1) is 18.5. The molecule has 0 N–H and O–H groups in total. The molecule has 2 aromatic heterocycles. The Morgan fingerprint density at radius 2 is 2.04 bits per heavy atom. The van der Waals surface area contributed by atoms with Crippen LogP contribution in [0.3, 0.4) is 0 Å². The van der Waals surface area contributed by atoms with Crippen molar-refractivity contribution in [1.29, 1.82) is 0 Å². The Kier molecular flexibility index (Phi) is 4.84. The standard InChI is InChI=1S/C17H19N5O6/c1-3-26-17(25)14-13-15(21(19-14)10-4-5-10)16(24)22(20-18-13)12-7-6-11(28-12)8-27-9(2)23/h6-7,10-12H,3-5,8H2,1-2H3. The van der Waals surface area contributed by atoms with Gasteiger partial charge < -0.3 is 14.2 Å². The summed E-state index contributed by atoms with van der Waals surface area (Å²) < 4.78 is 18.2. The lowest BCUT2D eigenvalue weighted by Gasteiger charge is -2.14. The first-order valence-corrected chi connectivity index (χ1v) is 9.01. The molecule has 11 heteroatoms. The van der Waals surface area contributed by atoms with E-state index in [9.17, 15) is 14.4 Å². The molecule has 1 aliphatic carbocycles. The highest BCUT2D eigenvalue weighted by Crippen LogP contribution is 2.36. The van der Waals surface area contributed by atoms with Gasteiger partial charge in [0.1, 0.15) is 6.61 Å². The van der Waals surface area contributed by atoms with E-state index in [4.69, 9.17) is 14.2 Å². The summed E-state index contributed by atoms with van der Waals surface area (Å²) in [6.45, 7) is 3.22. The number of fused-ring (bicyclic) bond motifs is 1. The minimum absolute atomic E-state index is 0.0175. The Labute approximate surface area is 159 Å². The zero-order chi connectivity index (χ0) is 19.8. The number of carbonyl (C=O) groups is 2. The van der Waals surface area contributed by atoms with Gasteiger partial charge in [0.05, 0.1) is 18.8 Å². The Morgan fingerprint density at radius 3 is 2.71 bits per heavy atom. The first-order chi connectivity index (χ1) is 13.5. The van der Waals surface area contributed by atoms with E-state index in [2.05, 4.69) is 15.4 Å². The van der Waals surface area contributed by atoms with E-state index in [1.807, 2.05) is 0 Å². The lowest BCUT2D eigenvalue weighted by atomic mass is 10.2. The average Bonchev–Trinajstić information content (AvgIpc) is 3.26. The van der Waals surface area contributed by atoms with Crippen molar-refractivity contribution < 1.29 is 23.8 Å². The van der Waals surface area contributed by atoms with E-state index < -0.39 is 29.8 Å². The van der Waals surface area contributed by atoms with Crippen LogP contribution in [0.2, 0.25) is 0 Å². The van der Waals surface area contributed by atoms with E-state index in [-0.39, 0.29) is 36.0 Å². The molecule has 1 saturated heterocycles. The summed E-state index contributed by atoms with van der Waals surface area (Å²) in [6.07, 6.45) is 3.78. The highest BCUT2D eigenvalue weighted by molar-refractivity contribution is 5.99. The molecular weight excluding hydrogens is 370 g/mol. The molecule has 2 atom stereocenters. The fourth-order valence-corrected chi connectivity index (χ4v) is 2.97. The SMILES string of the molecule is CCOC(=O)c1nn(C2CC2)c2c(=O)n(C3[CH][CH]C(COC(C)=O)O3)nnc12. The van der Waals surface area contributed by atoms with Gasteiger partial charge in [-0.1, -0.05) is 5.21 Å². The normalized spacial score (nSPS) is 21.8. The van der Waals surface area contributed by atoms with Crippen LogP contribution in [0.1, 0.15) is 49.4 Å². The second-order valence-corrected chi connectivity index (χ2v) is 6.53. The summed E-state index contributed by atoms with van der Waals surface area (Å²) >= 11 is 0. The lowest BCUT2D eigenvalue weighted by molar-refractivity contribution is -0.145. The van der Waals surface area contributed by atoms with Crippen molar-refractivity contribution in [3.05, 3.63) is 28.9 Å². The molecule has 11 nitrogen and oxygen atoms in total. The second-order valence-electron chi connectivity index (χ2n) is 6.53. The smallest absolute Gasteiger partial charge is 0.361 e. The van der Waals surface area contributed by atoms with E-state index in [1.165, 1.54) is 11.6 Å². The maximum atomic E-state index is 13.1. The van der Waals surface area contributed by atoms with Crippen LogP contribution in [0.15, 0.2) is 4.79 Å². The molecular formula is C17H19N5O6. The zero-order valence-corrected chi connectivity index (χ0v) is 15.4. The molecule has 3 heterocycles. The van der Waals surface area contributed by atoms with E-state index in [1.54, 1.807) is 19.8 Å². The number of esters is 2. The highest BCUT2D eigenvalue weighted by atomic mass is 16.6. The van der Waals surface area contributed by atoms with Crippen LogP contribution in [-0.2, 0) is 19.0 Å². The van der Waals surface area contributed by atoms with Crippen LogP contribution in [0.5, 0.6) is 0 Å². The maximum absolute atomic E-state index is 13.1. The predicted molar refractivity (Wildman–Crippen MR) is 93.0 cm³/mol. The van der Waals surface area contributed by atoms with Gasteiger partial charge in [0, 0.05) is 19.8 Å². The largest absolute Gasteiger partial charge is 0.463 e. The molecule has 4 rings (SSSR count). The maximum Gasteiger partial charge on any atom is 0.361 e. The highest BCUT2D eigenvalue weighted by Gasteiger charge is 2.35. The molecule has 2 aromatic rings. The molecule has 2 radical (unpaired) electrons. The topological polar surface area (TPSA) is 127 Å². The number of aromatic nitrogens is 5. The summed E-state index contributed by atoms with van der Waals surface area (Å²) in [6, 6.07) is 0.0489. The summed E-state index contributed by atoms with van der Waals surface area (Å²) in [5, 5.41) is 12.2. The van der Waals surface area contributed by atoms with Crippen LogP contribution in [0, 0.1) is 12.8 Å². The molecule has 28 heavy (non-hydrogen) atoms. The minimum Gasteiger partial charge on any atom is -0.463 e. The molecule has 0 aromatic carbocycles. The van der Waals surface area contributed by atoms with E-state index in [0.29, 0.717) is 0 Å². The molecule has 2 unspecified atom stereocenters. The zero-order valence-electron chi connectivity index (χ0n) is 15.4. The summed E-state index contributed by atoms with van der Waals surface area (Å²) in [4.78, 5) is 36.2. The fraction of sp³-hybridized carbons (Fsp3) is 0.529. The number of hydrogen-bond acceptors (Lipinski definition) is 9. The Hall–Kier alpha value is -2.82. The van der Waals surface area contributed by atoms with Gasteiger partial charge in [-0.05, 0) is 19.8 Å². The van der Waals surface area contributed by atoms with Gasteiger partial charge in [-0.25, -0.2) is 4.79 Å². The third-order valence-corrected chi connectivity index (χ3v) is 4.40. The second kappa shape index (κ2) is 7.30. The van der Waals surface area contributed by atoms with Crippen molar-refractivity contribution in [3.63, 3.8) is 0 Å². The molecule has 0 amide bonds. The number of hydrogen-bond donors (Lipinski definition) is 0. The van der Waals surface area contributed by atoms with E-state index in [0.717, 1.165) is 17.5 Å². The number of carbonyl (C=O) groups excluding carboxylic acids is 2. The van der Waals surface area contributed by atoms with Gasteiger partial charge in [0.15, 0.2) is 23.0 Å². The third-order valence-electron chi connectivity index (χ3n) is 4.40. The van der Waals surface area contributed by atoms with E-state index >= 15 is 0 Å². The summed E-state index contributed by atoms with van der Waals surface area (Å²) in [5.41, 5.74) is -0.176. The van der Waals surface area contributed by atoms with Gasteiger partial charge in [-0.15, -0.1) is 5.10 Å². The van der Waals surface area contributed by atoms with Gasteiger partial charge in [0.25, 0.3) is 5.56 Å². The number of rotatable bonds is 6. The fourth-order valence-electron chi connectivity index (χ4n) is 2.97. The van der Waals surface area contributed by atoms with Crippen LogP contribution in [0.4, 0.5) is 0 Å². The number of ether oxygens (including phenoxy) is 3. The van der Waals surface area contributed by atoms with Gasteiger partial charge in [-0.3, -0.25) is 14.3 Å². The quantitative estimate of drug-likeness (QED) is 0.644. The van der Waals surface area contributed by atoms with Gasteiger partial charge >= 0.3 is 11.9 Å². The van der Waals surface area contributed by atoms with Gasteiger partial charge in [-0.2, -0.15) is 9.78 Å². The monoisotopic (exact) mass is 389 g/mol. The molecule has 0 bridgehead atoms. The van der Waals surface area contributed by atoms with Crippen molar-refractivity contribution in [2.45, 2.75) is 45.1 Å². The lowest BCUT2D eigenvalue weighted by Crippen LogP contribution is -2.30. The van der Waals surface area contributed by atoms with Crippen LogP contribution in [0.25, 0.3) is 11.0 Å². The summed E-state index contributed by atoms with van der Waals surface area (Å²) in [5.74, 6) is -1.06. The van der Waals surface area contributed by atoms with Gasteiger partial charge in [0.2, 0.25) is 0 Å². The first-order valence-electron chi connectivity index (χ1n) is 9.01. The Balaban J connectivity index is 1.67. The molecule has 2 aliphatic rings. The van der Waals surface area contributed by atoms with Crippen LogP contribution >= 0.6 is 0 Å².